The van der Waals surface area contributed by atoms with Crippen molar-refractivity contribution in [1.29, 1.82) is 0 Å². The number of aromatic nitrogens is 2. The number of amides is 1. The number of carbonyl (C=O) groups is 1. The lowest BCUT2D eigenvalue weighted by Gasteiger charge is -2.18. The molecular weight excluding hydrogens is 354 g/mol. The van der Waals surface area contributed by atoms with Gasteiger partial charge in [-0.2, -0.15) is 4.98 Å². The van der Waals surface area contributed by atoms with Crippen LogP contribution in [0.2, 0.25) is 0 Å². The van der Waals surface area contributed by atoms with Crippen LogP contribution in [-0.2, 0) is 5.41 Å². The maximum atomic E-state index is 12.4. The second kappa shape index (κ2) is 7.84. The Balaban J connectivity index is 1.69. The smallest absolute Gasteiger partial charge is 0.251 e. The number of methoxy groups -OCH3 is 1. The van der Waals surface area contributed by atoms with E-state index in [0.717, 1.165) is 5.56 Å². The van der Waals surface area contributed by atoms with Crippen LogP contribution in [-0.4, -0.2) is 23.2 Å². The van der Waals surface area contributed by atoms with Gasteiger partial charge in [-0.05, 0) is 42.2 Å². The Bertz CT molecular complexity index is 938. The minimum absolute atomic E-state index is 0.0845. The average Bonchev–Trinajstić information content (AvgIpc) is 3.18. The van der Waals surface area contributed by atoms with E-state index in [0.29, 0.717) is 23.0 Å². The van der Waals surface area contributed by atoms with Gasteiger partial charge in [0.15, 0.2) is 0 Å². The van der Waals surface area contributed by atoms with Crippen molar-refractivity contribution in [1.82, 2.24) is 15.5 Å². The van der Waals surface area contributed by atoms with Gasteiger partial charge in [0, 0.05) is 11.1 Å². The average molecular weight is 379 g/mol. The molecule has 1 atom stereocenters. The van der Waals surface area contributed by atoms with E-state index >= 15 is 0 Å². The van der Waals surface area contributed by atoms with Crippen molar-refractivity contribution in [3.8, 4) is 17.1 Å². The van der Waals surface area contributed by atoms with Gasteiger partial charge in [-0.1, -0.05) is 50.2 Å². The van der Waals surface area contributed by atoms with Crippen molar-refractivity contribution in [3.05, 3.63) is 65.5 Å². The second-order valence-electron chi connectivity index (χ2n) is 7.71. The number of hydrogen-bond acceptors (Lipinski definition) is 5. The summed E-state index contributed by atoms with van der Waals surface area (Å²) < 4.78 is 10.5. The van der Waals surface area contributed by atoms with Gasteiger partial charge in [0.2, 0.25) is 11.7 Å². The highest BCUT2D eigenvalue weighted by molar-refractivity contribution is 5.94. The van der Waals surface area contributed by atoms with Gasteiger partial charge in [0.05, 0.1) is 7.11 Å². The van der Waals surface area contributed by atoms with Crippen molar-refractivity contribution in [3.63, 3.8) is 0 Å². The third-order valence-electron chi connectivity index (χ3n) is 4.52. The quantitative estimate of drug-likeness (QED) is 0.704. The van der Waals surface area contributed by atoms with Crippen LogP contribution in [0, 0.1) is 0 Å². The molecule has 0 unspecified atom stereocenters. The summed E-state index contributed by atoms with van der Waals surface area (Å²) in [5.74, 6) is 1.34. The van der Waals surface area contributed by atoms with E-state index in [2.05, 4.69) is 48.4 Å². The fourth-order valence-corrected chi connectivity index (χ4v) is 2.73. The zero-order chi connectivity index (χ0) is 20.3. The largest absolute Gasteiger partial charge is 0.497 e. The summed E-state index contributed by atoms with van der Waals surface area (Å²) in [4.78, 5) is 16.8. The summed E-state index contributed by atoms with van der Waals surface area (Å²) in [5, 5.41) is 6.92. The Morgan fingerprint density at radius 1 is 1.07 bits per heavy atom. The molecule has 0 radical (unpaired) electrons. The third kappa shape index (κ3) is 4.39. The standard InChI is InChI=1S/C22H25N3O3/c1-14(23-20(26)16-8-12-18(27-5)13-9-16)21-24-19(25-28-21)15-6-10-17(11-7-15)22(2,3)4/h6-14H,1-5H3,(H,23,26)/t14-/m1/s1. The summed E-state index contributed by atoms with van der Waals surface area (Å²) in [6, 6.07) is 14.6. The van der Waals surface area contributed by atoms with Gasteiger partial charge in [0.25, 0.3) is 5.91 Å². The molecule has 0 fully saturated rings. The van der Waals surface area contributed by atoms with Gasteiger partial charge < -0.3 is 14.6 Å². The molecule has 3 aromatic rings. The molecule has 0 spiro atoms. The van der Waals surface area contributed by atoms with Crippen LogP contribution < -0.4 is 10.1 Å². The molecular formula is C22H25N3O3. The molecule has 1 heterocycles. The maximum absolute atomic E-state index is 12.4. The highest BCUT2D eigenvalue weighted by atomic mass is 16.5. The first-order chi connectivity index (χ1) is 13.3. The van der Waals surface area contributed by atoms with Gasteiger partial charge in [0.1, 0.15) is 11.8 Å². The number of carbonyl (C=O) groups excluding carboxylic acids is 1. The van der Waals surface area contributed by atoms with Crippen LogP contribution in [0.25, 0.3) is 11.4 Å². The second-order valence-corrected chi connectivity index (χ2v) is 7.71. The van der Waals surface area contributed by atoms with Crippen molar-refractivity contribution in [2.24, 2.45) is 0 Å². The predicted molar refractivity (Wildman–Crippen MR) is 107 cm³/mol. The number of nitrogens with zero attached hydrogens (tertiary/aromatic N) is 2. The summed E-state index contributed by atoms with van der Waals surface area (Å²) >= 11 is 0. The van der Waals surface area contributed by atoms with Crippen LogP contribution in [0.4, 0.5) is 0 Å². The van der Waals surface area contributed by atoms with E-state index in [4.69, 9.17) is 9.26 Å². The van der Waals surface area contributed by atoms with Crippen LogP contribution in [0.3, 0.4) is 0 Å². The highest BCUT2D eigenvalue weighted by Crippen LogP contribution is 2.25. The zero-order valence-corrected chi connectivity index (χ0v) is 16.8. The van der Waals surface area contributed by atoms with Crippen molar-refractivity contribution in [2.75, 3.05) is 7.11 Å². The van der Waals surface area contributed by atoms with Gasteiger partial charge in [-0.15, -0.1) is 0 Å². The SMILES string of the molecule is COc1ccc(C(=O)N[C@H](C)c2nc(-c3ccc(C(C)(C)C)cc3)no2)cc1. The topological polar surface area (TPSA) is 77.2 Å². The fourth-order valence-electron chi connectivity index (χ4n) is 2.73. The molecule has 28 heavy (non-hydrogen) atoms. The number of hydrogen-bond donors (Lipinski definition) is 1. The lowest BCUT2D eigenvalue weighted by atomic mass is 9.87. The Kier molecular flexibility index (Phi) is 5.49. The fraction of sp³-hybridized carbons (Fsp3) is 0.318. The molecule has 0 aliphatic carbocycles. The summed E-state index contributed by atoms with van der Waals surface area (Å²) in [5.41, 5.74) is 2.73. The first-order valence-corrected chi connectivity index (χ1v) is 9.17. The normalized spacial score (nSPS) is 12.5. The van der Waals surface area contributed by atoms with E-state index in [1.165, 1.54) is 5.56 Å². The summed E-state index contributed by atoms with van der Waals surface area (Å²) in [6.45, 7) is 8.31. The molecule has 146 valence electrons. The van der Waals surface area contributed by atoms with E-state index in [-0.39, 0.29) is 11.3 Å². The monoisotopic (exact) mass is 379 g/mol. The highest BCUT2D eigenvalue weighted by Gasteiger charge is 2.19. The Morgan fingerprint density at radius 3 is 2.29 bits per heavy atom. The molecule has 3 rings (SSSR count). The number of rotatable bonds is 5. The summed E-state index contributed by atoms with van der Waals surface area (Å²) in [6.07, 6.45) is 0. The number of benzene rings is 2. The third-order valence-corrected chi connectivity index (χ3v) is 4.52. The van der Waals surface area contributed by atoms with Gasteiger partial charge >= 0.3 is 0 Å². The number of nitrogens with one attached hydrogen (secondary N) is 1. The molecule has 1 aromatic heterocycles. The summed E-state index contributed by atoms with van der Waals surface area (Å²) in [7, 11) is 1.58. The predicted octanol–water partition coefficient (Wildman–Crippen LogP) is 4.53. The first kappa shape index (κ1) is 19.6. The van der Waals surface area contributed by atoms with Gasteiger partial charge in [-0.3, -0.25) is 4.79 Å². The van der Waals surface area contributed by atoms with Crippen molar-refractivity contribution >= 4 is 5.91 Å². The minimum atomic E-state index is -0.412. The number of ether oxygens (including phenoxy) is 1. The Morgan fingerprint density at radius 2 is 1.71 bits per heavy atom. The minimum Gasteiger partial charge on any atom is -0.497 e. The molecule has 2 aromatic carbocycles. The van der Waals surface area contributed by atoms with Crippen LogP contribution in [0.1, 0.15) is 55.5 Å². The van der Waals surface area contributed by atoms with Crippen LogP contribution >= 0.6 is 0 Å². The van der Waals surface area contributed by atoms with Crippen LogP contribution in [0.15, 0.2) is 53.1 Å². The van der Waals surface area contributed by atoms with Crippen molar-refractivity contribution < 1.29 is 14.1 Å². The lowest BCUT2D eigenvalue weighted by molar-refractivity contribution is 0.0932. The Hall–Kier alpha value is -3.15. The van der Waals surface area contributed by atoms with E-state index in [1.54, 1.807) is 38.3 Å². The molecule has 0 saturated carbocycles. The molecule has 6 nitrogen and oxygen atoms in total. The van der Waals surface area contributed by atoms with E-state index in [1.807, 2.05) is 12.1 Å². The zero-order valence-electron chi connectivity index (χ0n) is 16.8. The molecule has 0 bridgehead atoms. The maximum Gasteiger partial charge on any atom is 0.251 e. The molecule has 1 amide bonds. The van der Waals surface area contributed by atoms with E-state index in [9.17, 15) is 4.79 Å². The molecule has 1 N–H and O–H groups in total. The van der Waals surface area contributed by atoms with Crippen LogP contribution in [0.5, 0.6) is 5.75 Å². The molecule has 0 saturated heterocycles. The first-order valence-electron chi connectivity index (χ1n) is 9.17. The Labute approximate surface area is 164 Å². The molecule has 0 aliphatic rings. The molecule has 6 heteroatoms. The molecule has 0 aliphatic heterocycles. The van der Waals surface area contributed by atoms with Gasteiger partial charge in [-0.25, -0.2) is 0 Å². The van der Waals surface area contributed by atoms with E-state index < -0.39 is 6.04 Å². The lowest BCUT2D eigenvalue weighted by Crippen LogP contribution is -2.26. The van der Waals surface area contributed by atoms with Crippen molar-refractivity contribution in [2.45, 2.75) is 39.2 Å².